The van der Waals surface area contributed by atoms with E-state index in [1.165, 1.54) is 21.8 Å². The van der Waals surface area contributed by atoms with Gasteiger partial charge < -0.3 is 22.4 Å². The van der Waals surface area contributed by atoms with Gasteiger partial charge in [0.1, 0.15) is 33.5 Å². The minimum absolute atomic E-state index is 0.866. The highest BCUT2D eigenvalue weighted by atomic mass is 16.3. The van der Waals surface area contributed by atoms with Crippen molar-refractivity contribution in [2.24, 2.45) is 0 Å². The molecule has 274 valence electrons. The third-order valence-corrected chi connectivity index (χ3v) is 12.5. The zero-order chi connectivity index (χ0) is 38.3. The highest BCUT2D eigenvalue weighted by Gasteiger charge is 2.21. The van der Waals surface area contributed by atoms with Gasteiger partial charge in [0.05, 0.1) is 27.5 Å². The average Bonchev–Trinajstić information content (AvgIpc) is 4.10. The van der Waals surface area contributed by atoms with Crippen LogP contribution in [0.5, 0.6) is 0 Å². The van der Waals surface area contributed by atoms with Crippen LogP contribution in [-0.4, -0.2) is 9.13 Å². The zero-order valence-corrected chi connectivity index (χ0v) is 31.4. The molecule has 0 unspecified atom stereocenters. The lowest BCUT2D eigenvalue weighted by Gasteiger charge is -2.08. The van der Waals surface area contributed by atoms with Crippen LogP contribution in [-0.2, 0) is 0 Å². The van der Waals surface area contributed by atoms with Crippen molar-refractivity contribution >= 4 is 109 Å². The lowest BCUT2D eigenvalue weighted by atomic mass is 10.00. The molecule has 59 heavy (non-hydrogen) atoms. The predicted molar refractivity (Wildman–Crippen MR) is 242 cm³/mol. The molecule has 5 nitrogen and oxygen atoms in total. The van der Waals surface area contributed by atoms with Gasteiger partial charge in [-0.2, -0.15) is 0 Å². The monoisotopic (exact) mass is 754 g/mol. The number of benzene rings is 9. The van der Waals surface area contributed by atoms with Gasteiger partial charge in [-0.05, 0) is 108 Å². The number of hydrogen-bond donors (Lipinski definition) is 0. The van der Waals surface area contributed by atoms with Crippen molar-refractivity contribution in [1.29, 1.82) is 0 Å². The average molecular weight is 755 g/mol. The Morgan fingerprint density at radius 2 is 0.712 bits per heavy atom. The second kappa shape index (κ2) is 11.3. The van der Waals surface area contributed by atoms with Crippen LogP contribution in [0.2, 0.25) is 0 Å². The van der Waals surface area contributed by atoms with E-state index in [0.717, 1.165) is 110 Å². The molecule has 5 heteroatoms. The molecule has 0 radical (unpaired) electrons. The first-order valence-corrected chi connectivity index (χ1v) is 20.0. The van der Waals surface area contributed by atoms with E-state index in [1.807, 2.05) is 12.1 Å². The summed E-state index contributed by atoms with van der Waals surface area (Å²) in [6.45, 7) is 0. The predicted octanol–water partition coefficient (Wildman–Crippen LogP) is 15.2. The van der Waals surface area contributed by atoms with Crippen molar-refractivity contribution in [2.75, 3.05) is 0 Å². The minimum atomic E-state index is 0.866. The summed E-state index contributed by atoms with van der Waals surface area (Å²) < 4.78 is 24.1. The number of rotatable bonds is 3. The van der Waals surface area contributed by atoms with Gasteiger partial charge in [-0.25, -0.2) is 0 Å². The van der Waals surface area contributed by atoms with Gasteiger partial charge in [-0.15, -0.1) is 0 Å². The van der Waals surface area contributed by atoms with E-state index >= 15 is 0 Å². The van der Waals surface area contributed by atoms with E-state index in [2.05, 4.69) is 179 Å². The Labute approximate surface area is 335 Å². The lowest BCUT2D eigenvalue weighted by molar-refractivity contribution is 0.668. The van der Waals surface area contributed by atoms with E-state index in [9.17, 15) is 0 Å². The molecule has 0 atom stereocenters. The van der Waals surface area contributed by atoms with E-state index in [4.69, 9.17) is 13.3 Å². The fraction of sp³-hybridized carbons (Fsp3) is 0. The summed E-state index contributed by atoms with van der Waals surface area (Å²) in [5.74, 6) is 0. The van der Waals surface area contributed by atoms with Crippen molar-refractivity contribution in [1.82, 2.24) is 9.13 Å². The Morgan fingerprint density at radius 1 is 0.271 bits per heavy atom. The number of aromatic nitrogens is 2. The molecule has 14 aromatic rings. The number of hydrogen-bond acceptors (Lipinski definition) is 3. The maximum atomic E-state index is 6.81. The van der Waals surface area contributed by atoms with Crippen LogP contribution in [0.15, 0.2) is 195 Å². The highest BCUT2D eigenvalue weighted by Crippen LogP contribution is 2.43. The second-order valence-electron chi connectivity index (χ2n) is 15.6. The Bertz CT molecular complexity index is 4040. The second-order valence-corrected chi connectivity index (χ2v) is 15.6. The van der Waals surface area contributed by atoms with Crippen LogP contribution < -0.4 is 0 Å². The van der Waals surface area contributed by atoms with Gasteiger partial charge in [0.2, 0.25) is 0 Å². The number of fused-ring (bicyclic) bond motifs is 16. The molecule has 0 aliphatic carbocycles. The smallest absolute Gasteiger partial charge is 0.145 e. The van der Waals surface area contributed by atoms with Gasteiger partial charge in [-0.1, -0.05) is 84.9 Å². The summed E-state index contributed by atoms with van der Waals surface area (Å²) in [6, 6.07) is 64.7. The molecule has 9 aromatic carbocycles. The molecule has 5 aromatic heterocycles. The Morgan fingerprint density at radius 3 is 1.36 bits per heavy atom. The van der Waals surface area contributed by atoms with E-state index in [1.54, 1.807) is 0 Å². The molecule has 0 saturated carbocycles. The SMILES string of the molecule is c1ccc2c(c1)oc1ccc(-n3c4ccccc4c4c5oc6ccc(-c7ccc8oc9ccc(-n%10c%11ccccc%11c%11ccccc%11%10)cc9c8c7)cc6c5ccc43)cc12. The van der Waals surface area contributed by atoms with Crippen LogP contribution >= 0.6 is 0 Å². The van der Waals surface area contributed by atoms with Gasteiger partial charge >= 0.3 is 0 Å². The highest BCUT2D eigenvalue weighted by molar-refractivity contribution is 6.24. The Kier molecular flexibility index (Phi) is 5.96. The first kappa shape index (κ1) is 31.1. The summed E-state index contributed by atoms with van der Waals surface area (Å²) in [5, 5.41) is 11.3. The van der Waals surface area contributed by atoms with Crippen molar-refractivity contribution in [3.63, 3.8) is 0 Å². The number of nitrogens with zero attached hydrogens (tertiary/aromatic N) is 2. The molecule has 0 aliphatic heterocycles. The topological polar surface area (TPSA) is 49.3 Å². The van der Waals surface area contributed by atoms with Crippen LogP contribution in [0.4, 0.5) is 0 Å². The van der Waals surface area contributed by atoms with Crippen LogP contribution in [0.1, 0.15) is 0 Å². The van der Waals surface area contributed by atoms with Crippen LogP contribution in [0.25, 0.3) is 132 Å². The standard InChI is InChI=1S/C54H30N2O3/c1-5-13-44-35(9-1)36-10-2-6-14-45(36)55(44)33-19-26-51-43(30-33)41-28-32(17-23-49(41)58-51)31-18-24-52-40(27-31)38-21-22-47-53(54(38)59-52)39-12-3-7-15-46(39)56(47)34-20-25-50-42(29-34)37-11-4-8-16-48(37)57-50/h1-30H. The summed E-state index contributed by atoms with van der Waals surface area (Å²) in [4.78, 5) is 0. The van der Waals surface area contributed by atoms with Crippen molar-refractivity contribution < 1.29 is 13.3 Å². The van der Waals surface area contributed by atoms with E-state index < -0.39 is 0 Å². The molecular formula is C54H30N2O3. The van der Waals surface area contributed by atoms with Crippen molar-refractivity contribution in [3.05, 3.63) is 182 Å². The van der Waals surface area contributed by atoms with Crippen LogP contribution in [0, 0.1) is 0 Å². The molecule has 5 heterocycles. The summed E-state index contributed by atoms with van der Waals surface area (Å²) >= 11 is 0. The zero-order valence-electron chi connectivity index (χ0n) is 31.4. The lowest BCUT2D eigenvalue weighted by Crippen LogP contribution is -1.93. The summed E-state index contributed by atoms with van der Waals surface area (Å²) in [5.41, 5.74) is 14.3. The largest absolute Gasteiger partial charge is 0.456 e. The third-order valence-electron chi connectivity index (χ3n) is 12.5. The van der Waals surface area contributed by atoms with Gasteiger partial charge in [0.15, 0.2) is 0 Å². The van der Waals surface area contributed by atoms with Crippen LogP contribution in [0.3, 0.4) is 0 Å². The fourth-order valence-electron chi connectivity index (χ4n) is 9.88. The Balaban J connectivity index is 0.926. The van der Waals surface area contributed by atoms with Gasteiger partial charge in [0, 0.05) is 59.9 Å². The number of furan rings is 3. The van der Waals surface area contributed by atoms with Gasteiger partial charge in [-0.3, -0.25) is 0 Å². The molecule has 0 aliphatic rings. The normalized spacial score (nSPS) is 12.4. The van der Waals surface area contributed by atoms with E-state index in [0.29, 0.717) is 0 Å². The maximum Gasteiger partial charge on any atom is 0.145 e. The first-order valence-electron chi connectivity index (χ1n) is 20.0. The molecular weight excluding hydrogens is 725 g/mol. The number of para-hydroxylation sites is 4. The molecule has 0 fully saturated rings. The molecule has 0 saturated heterocycles. The quantitative estimate of drug-likeness (QED) is 0.180. The molecule has 0 spiro atoms. The fourth-order valence-corrected chi connectivity index (χ4v) is 9.88. The molecule has 14 rings (SSSR count). The van der Waals surface area contributed by atoms with Crippen molar-refractivity contribution in [3.8, 4) is 22.5 Å². The maximum absolute atomic E-state index is 6.81. The van der Waals surface area contributed by atoms with E-state index in [-0.39, 0.29) is 0 Å². The first-order chi connectivity index (χ1) is 29.2. The Hall–Kier alpha value is -8.02. The molecule has 0 N–H and O–H groups in total. The van der Waals surface area contributed by atoms with Gasteiger partial charge in [0.25, 0.3) is 0 Å². The van der Waals surface area contributed by atoms with Crippen molar-refractivity contribution in [2.45, 2.75) is 0 Å². The molecule has 0 amide bonds. The third kappa shape index (κ3) is 4.23. The molecule has 0 bridgehead atoms. The minimum Gasteiger partial charge on any atom is -0.456 e. The summed E-state index contributed by atoms with van der Waals surface area (Å²) in [7, 11) is 0. The summed E-state index contributed by atoms with van der Waals surface area (Å²) in [6.07, 6.45) is 0.